The van der Waals surface area contributed by atoms with Crippen molar-refractivity contribution in [3.63, 3.8) is 0 Å². The second-order valence-electron chi connectivity index (χ2n) is 11.7. The second kappa shape index (κ2) is 11.4. The van der Waals surface area contributed by atoms with Crippen molar-refractivity contribution in [1.82, 2.24) is 19.2 Å². The number of aromatic nitrogens is 2. The number of likely N-dealkylation sites (tertiary alicyclic amines) is 1. The lowest BCUT2D eigenvalue weighted by Gasteiger charge is -2.46. The number of fused-ring (bicyclic) bond motifs is 1. The minimum Gasteiger partial charge on any atom is -0.350 e. The Kier molecular flexibility index (Phi) is 8.08. The van der Waals surface area contributed by atoms with E-state index in [9.17, 15) is 9.18 Å². The fourth-order valence-electron chi connectivity index (χ4n) is 5.85. The Labute approximate surface area is 230 Å². The summed E-state index contributed by atoms with van der Waals surface area (Å²) in [6, 6.07) is 7.18. The predicted octanol–water partition coefficient (Wildman–Crippen LogP) is 5.51. The molecule has 210 valence electrons. The lowest BCUT2D eigenvalue weighted by molar-refractivity contribution is -0.0564. The maximum Gasteiger partial charge on any atom is 0.254 e. The molecule has 3 aromatic rings. The van der Waals surface area contributed by atoms with Gasteiger partial charge in [-0.05, 0) is 68.9 Å². The molecule has 2 aliphatic heterocycles. The Hall–Kier alpha value is -2.81. The van der Waals surface area contributed by atoms with Gasteiger partial charge in [0.05, 0.1) is 30.5 Å². The normalized spacial score (nSPS) is 17.9. The molecular weight excluding hydrogens is 495 g/mol. The maximum absolute atomic E-state index is 14.4. The van der Waals surface area contributed by atoms with Crippen LogP contribution in [0, 0.1) is 18.7 Å². The van der Waals surface area contributed by atoms with Gasteiger partial charge in [-0.3, -0.25) is 9.69 Å². The molecule has 0 N–H and O–H groups in total. The van der Waals surface area contributed by atoms with Crippen molar-refractivity contribution in [1.29, 1.82) is 0 Å². The molecule has 1 unspecified atom stereocenters. The number of pyridine rings is 1. The molecule has 1 aromatic carbocycles. The predicted molar refractivity (Wildman–Crippen MR) is 150 cm³/mol. The van der Waals surface area contributed by atoms with E-state index in [1.807, 2.05) is 27.0 Å². The van der Waals surface area contributed by atoms with Crippen LogP contribution in [0.3, 0.4) is 0 Å². The van der Waals surface area contributed by atoms with Gasteiger partial charge in [0.1, 0.15) is 11.6 Å². The van der Waals surface area contributed by atoms with Crippen molar-refractivity contribution in [3.8, 4) is 11.1 Å². The van der Waals surface area contributed by atoms with Gasteiger partial charge in [-0.25, -0.2) is 9.37 Å². The summed E-state index contributed by atoms with van der Waals surface area (Å²) in [6.07, 6.45) is 5.91. The Balaban J connectivity index is 1.44. The third-order valence-corrected chi connectivity index (χ3v) is 8.45. The number of ether oxygens (including phenoxy) is 2. The number of hydrogen-bond donors (Lipinski definition) is 0. The molecule has 0 radical (unpaired) electrons. The molecule has 0 spiro atoms. The average Bonchev–Trinajstić information content (AvgIpc) is 3.53. The van der Waals surface area contributed by atoms with Crippen molar-refractivity contribution in [2.75, 3.05) is 33.4 Å². The van der Waals surface area contributed by atoms with Crippen LogP contribution in [0.5, 0.6) is 0 Å². The molecule has 2 aromatic heterocycles. The van der Waals surface area contributed by atoms with Crippen molar-refractivity contribution in [2.24, 2.45) is 5.92 Å². The van der Waals surface area contributed by atoms with Crippen LogP contribution >= 0.6 is 0 Å². The zero-order chi connectivity index (χ0) is 27.8. The van der Waals surface area contributed by atoms with Gasteiger partial charge in [-0.15, -0.1) is 0 Å². The van der Waals surface area contributed by atoms with Gasteiger partial charge in [0.15, 0.2) is 6.29 Å². The van der Waals surface area contributed by atoms with E-state index in [-0.39, 0.29) is 18.2 Å². The highest BCUT2D eigenvalue weighted by atomic mass is 19.1. The zero-order valence-electron chi connectivity index (χ0n) is 24.0. The Morgan fingerprint density at radius 1 is 1.13 bits per heavy atom. The molecule has 5 rings (SSSR count). The third kappa shape index (κ3) is 5.60. The van der Waals surface area contributed by atoms with Crippen LogP contribution in [0.4, 0.5) is 4.39 Å². The first-order valence-corrected chi connectivity index (χ1v) is 14.2. The number of carbonyl (C=O) groups excluding carboxylic acids is 1. The van der Waals surface area contributed by atoms with E-state index < -0.39 is 5.82 Å². The Bertz CT molecular complexity index is 1320. The highest BCUT2D eigenvalue weighted by Crippen LogP contribution is 2.37. The molecular formula is C31H41FN4O3. The molecule has 2 fully saturated rings. The minimum atomic E-state index is -0.418. The van der Waals surface area contributed by atoms with E-state index in [2.05, 4.69) is 40.4 Å². The minimum absolute atomic E-state index is 0.00108. The first kappa shape index (κ1) is 27.7. The van der Waals surface area contributed by atoms with Gasteiger partial charge in [0, 0.05) is 49.9 Å². The summed E-state index contributed by atoms with van der Waals surface area (Å²) in [5, 5.41) is 0. The fraction of sp³-hybridized carbons (Fsp3) is 0.548. The molecule has 0 saturated carbocycles. The van der Waals surface area contributed by atoms with Crippen LogP contribution in [0.15, 0.2) is 36.7 Å². The smallest absolute Gasteiger partial charge is 0.254 e. The lowest BCUT2D eigenvalue weighted by Crippen LogP contribution is -2.52. The monoisotopic (exact) mass is 536 g/mol. The van der Waals surface area contributed by atoms with Crippen LogP contribution in [0.2, 0.25) is 0 Å². The van der Waals surface area contributed by atoms with Crippen molar-refractivity contribution >= 4 is 11.4 Å². The van der Waals surface area contributed by atoms with Crippen molar-refractivity contribution in [3.05, 3.63) is 59.4 Å². The summed E-state index contributed by atoms with van der Waals surface area (Å²) in [6.45, 7) is 13.8. The number of imidazole rings is 1. The first-order valence-electron chi connectivity index (χ1n) is 14.2. The number of halogens is 1. The first-order chi connectivity index (χ1) is 18.6. The van der Waals surface area contributed by atoms with E-state index in [0.29, 0.717) is 36.7 Å². The number of nitrogens with zero attached hydrogens (tertiary/aromatic N) is 4. The highest BCUT2D eigenvalue weighted by molar-refractivity contribution is 6.02. The molecule has 39 heavy (non-hydrogen) atoms. The van der Waals surface area contributed by atoms with Gasteiger partial charge < -0.3 is 18.8 Å². The molecule has 4 heterocycles. The van der Waals surface area contributed by atoms with Crippen LogP contribution in [0.1, 0.15) is 68.2 Å². The quantitative estimate of drug-likeness (QED) is 0.361. The molecule has 1 atom stereocenters. The number of aryl methyl sites for hydroxylation is 1. The van der Waals surface area contributed by atoms with Gasteiger partial charge in [-0.1, -0.05) is 19.9 Å². The summed E-state index contributed by atoms with van der Waals surface area (Å²) in [5.74, 6) is 1.18. The van der Waals surface area contributed by atoms with E-state index in [1.54, 1.807) is 18.0 Å². The molecule has 8 heteroatoms. The van der Waals surface area contributed by atoms with Crippen molar-refractivity contribution < 1.29 is 18.7 Å². The second-order valence-corrected chi connectivity index (χ2v) is 11.7. The van der Waals surface area contributed by atoms with E-state index in [0.717, 1.165) is 48.4 Å². The molecule has 0 aliphatic carbocycles. The number of rotatable bonds is 9. The van der Waals surface area contributed by atoms with Gasteiger partial charge in [0.25, 0.3) is 5.91 Å². The van der Waals surface area contributed by atoms with Crippen LogP contribution in [-0.2, 0) is 9.47 Å². The summed E-state index contributed by atoms with van der Waals surface area (Å²) in [5.41, 5.74) is 4.13. The molecule has 0 bridgehead atoms. The lowest BCUT2D eigenvalue weighted by atomic mass is 9.85. The van der Waals surface area contributed by atoms with Gasteiger partial charge >= 0.3 is 0 Å². The van der Waals surface area contributed by atoms with E-state index in [4.69, 9.17) is 9.47 Å². The molecule has 7 nitrogen and oxygen atoms in total. The summed E-state index contributed by atoms with van der Waals surface area (Å²) in [7, 11) is 1.76. The third-order valence-electron chi connectivity index (χ3n) is 8.45. The Morgan fingerprint density at radius 2 is 1.85 bits per heavy atom. The van der Waals surface area contributed by atoms with E-state index >= 15 is 0 Å². The number of carbonyl (C=O) groups is 1. The fourth-order valence-corrected chi connectivity index (χ4v) is 5.85. The summed E-state index contributed by atoms with van der Waals surface area (Å²) in [4.78, 5) is 22.2. The SMILES string of the molecule is Cc1ncc2c(-c3ccc(F)cc3C(=O)N(C)C(C)C)cc(C3CN(C(CCC4OCCO4)C(C)C)C3)cn12. The van der Waals surface area contributed by atoms with Crippen molar-refractivity contribution in [2.45, 2.75) is 71.8 Å². The topological polar surface area (TPSA) is 59.3 Å². The standard InChI is InChI=1S/C31H41FN4O3/c1-19(2)28(9-10-30-38-11-12-39-30)35-16-23(17-35)22-13-26(29-15-33-21(5)36(29)18-22)25-8-7-24(32)14-27(25)31(37)34(6)20(3)4/h7-8,13-15,18-20,23,28,30H,9-12,16-17H2,1-6H3. The van der Waals surface area contributed by atoms with Crippen LogP contribution in [0.25, 0.3) is 16.6 Å². The van der Waals surface area contributed by atoms with E-state index in [1.165, 1.54) is 17.7 Å². The van der Waals surface area contributed by atoms with Gasteiger partial charge in [-0.2, -0.15) is 0 Å². The van der Waals surface area contributed by atoms with Crippen LogP contribution in [-0.4, -0.2) is 76.8 Å². The maximum atomic E-state index is 14.4. The number of hydrogen-bond acceptors (Lipinski definition) is 5. The zero-order valence-corrected chi connectivity index (χ0v) is 24.0. The number of benzene rings is 1. The molecule has 2 aliphatic rings. The average molecular weight is 537 g/mol. The largest absolute Gasteiger partial charge is 0.350 e. The number of amides is 1. The summed E-state index contributed by atoms with van der Waals surface area (Å²) >= 11 is 0. The summed E-state index contributed by atoms with van der Waals surface area (Å²) < 4.78 is 27.8. The Morgan fingerprint density at radius 3 is 2.51 bits per heavy atom. The molecule has 2 saturated heterocycles. The van der Waals surface area contributed by atoms with Crippen LogP contribution < -0.4 is 0 Å². The van der Waals surface area contributed by atoms with Gasteiger partial charge in [0.2, 0.25) is 0 Å². The highest BCUT2D eigenvalue weighted by Gasteiger charge is 2.36. The molecule has 1 amide bonds.